The van der Waals surface area contributed by atoms with Crippen LogP contribution in [-0.2, 0) is 0 Å². The molecule has 3 nitrogen and oxygen atoms in total. The van der Waals surface area contributed by atoms with Crippen molar-refractivity contribution in [2.24, 2.45) is 0 Å². The van der Waals surface area contributed by atoms with Crippen LogP contribution in [0.25, 0.3) is 0 Å². The van der Waals surface area contributed by atoms with E-state index in [0.29, 0.717) is 6.54 Å². The molecular weight excluding hydrogens is 257 g/mol. The molecule has 1 aromatic rings. The predicted molar refractivity (Wildman–Crippen MR) is 69.3 cm³/mol. The molecule has 0 aliphatic rings. The minimum Gasteiger partial charge on any atom is -0.396 e. The van der Waals surface area contributed by atoms with Gasteiger partial charge in [-0.2, -0.15) is 0 Å². The summed E-state index contributed by atoms with van der Waals surface area (Å²) in [6.45, 7) is 0.691. The van der Waals surface area contributed by atoms with Crippen molar-refractivity contribution in [2.45, 2.75) is 25.7 Å². The summed E-state index contributed by atoms with van der Waals surface area (Å²) in [5, 5.41) is 11.2. The second-order valence-electron chi connectivity index (χ2n) is 4.00. The first kappa shape index (κ1) is 14.9. The number of halogens is 2. The summed E-state index contributed by atoms with van der Waals surface area (Å²) in [5.74, 6) is -1.13. The molecule has 1 aromatic carbocycles. The zero-order chi connectivity index (χ0) is 13.4. The second-order valence-corrected chi connectivity index (χ2v) is 4.40. The van der Waals surface area contributed by atoms with E-state index in [2.05, 4.69) is 5.32 Å². The monoisotopic (exact) mass is 273 g/mol. The molecule has 0 aliphatic heterocycles. The van der Waals surface area contributed by atoms with Gasteiger partial charge in [-0.05, 0) is 25.0 Å². The summed E-state index contributed by atoms with van der Waals surface area (Å²) in [6, 6.07) is 4.35. The zero-order valence-electron chi connectivity index (χ0n) is 10.1. The van der Waals surface area contributed by atoms with Crippen LogP contribution < -0.4 is 5.32 Å². The summed E-state index contributed by atoms with van der Waals surface area (Å²) in [7, 11) is 0. The second kappa shape index (κ2) is 8.06. The highest BCUT2D eigenvalue weighted by Crippen LogP contribution is 2.17. The Hall–Kier alpha value is -1.13. The highest BCUT2D eigenvalue weighted by atomic mass is 35.5. The van der Waals surface area contributed by atoms with Crippen LogP contribution in [0.4, 0.5) is 4.39 Å². The van der Waals surface area contributed by atoms with E-state index in [1.807, 2.05) is 0 Å². The lowest BCUT2D eigenvalue weighted by molar-refractivity contribution is 0.0949. The van der Waals surface area contributed by atoms with Gasteiger partial charge in [0.1, 0.15) is 0 Å². The van der Waals surface area contributed by atoms with Gasteiger partial charge in [0.25, 0.3) is 5.91 Å². The fraction of sp³-hybridized carbons (Fsp3) is 0.462. The highest BCUT2D eigenvalue weighted by Gasteiger charge is 2.13. The number of aliphatic hydroxyl groups excluding tert-OH is 1. The number of carbonyl (C=O) groups excluding carboxylic acids is 1. The number of nitrogens with one attached hydrogen (secondary N) is 1. The van der Waals surface area contributed by atoms with Crippen molar-refractivity contribution in [3.63, 3.8) is 0 Å². The first-order chi connectivity index (χ1) is 8.66. The van der Waals surface area contributed by atoms with Crippen LogP contribution in [0, 0.1) is 5.82 Å². The van der Waals surface area contributed by atoms with Gasteiger partial charge in [-0.3, -0.25) is 4.79 Å². The van der Waals surface area contributed by atoms with Crippen LogP contribution in [0.3, 0.4) is 0 Å². The van der Waals surface area contributed by atoms with Gasteiger partial charge >= 0.3 is 0 Å². The lowest BCUT2D eigenvalue weighted by atomic mass is 10.2. The maximum atomic E-state index is 13.5. The van der Waals surface area contributed by atoms with E-state index >= 15 is 0 Å². The normalized spacial score (nSPS) is 10.4. The Kier molecular flexibility index (Phi) is 6.68. The van der Waals surface area contributed by atoms with Crippen molar-refractivity contribution < 1.29 is 14.3 Å². The third-order valence-electron chi connectivity index (χ3n) is 2.57. The van der Waals surface area contributed by atoms with Gasteiger partial charge in [0, 0.05) is 13.2 Å². The number of rotatable bonds is 7. The molecule has 5 heteroatoms. The first-order valence-corrected chi connectivity index (χ1v) is 6.37. The molecule has 1 rings (SSSR count). The van der Waals surface area contributed by atoms with E-state index < -0.39 is 11.7 Å². The van der Waals surface area contributed by atoms with Crippen LogP contribution in [-0.4, -0.2) is 24.2 Å². The summed E-state index contributed by atoms with van der Waals surface area (Å²) < 4.78 is 13.5. The molecule has 0 fully saturated rings. The molecule has 100 valence electrons. The van der Waals surface area contributed by atoms with Crippen molar-refractivity contribution in [3.8, 4) is 0 Å². The molecule has 18 heavy (non-hydrogen) atoms. The van der Waals surface area contributed by atoms with Gasteiger partial charge in [0.2, 0.25) is 0 Å². The van der Waals surface area contributed by atoms with Crippen LogP contribution in [0.2, 0.25) is 5.02 Å². The van der Waals surface area contributed by atoms with E-state index in [4.69, 9.17) is 16.7 Å². The van der Waals surface area contributed by atoms with Crippen LogP contribution >= 0.6 is 11.6 Å². The topological polar surface area (TPSA) is 49.3 Å². The number of benzene rings is 1. The number of unbranched alkanes of at least 4 members (excludes halogenated alkanes) is 3. The van der Waals surface area contributed by atoms with Gasteiger partial charge < -0.3 is 10.4 Å². The summed E-state index contributed by atoms with van der Waals surface area (Å²) in [6.07, 6.45) is 3.45. The van der Waals surface area contributed by atoms with Crippen molar-refractivity contribution >= 4 is 17.5 Å². The van der Waals surface area contributed by atoms with Gasteiger partial charge in [-0.25, -0.2) is 4.39 Å². The standard InChI is InChI=1S/C13H17ClFNO2/c14-11-7-5-6-10(12(11)15)13(18)16-8-3-1-2-4-9-17/h5-7,17H,1-4,8-9H2,(H,16,18). The third-order valence-corrected chi connectivity index (χ3v) is 2.86. The van der Waals surface area contributed by atoms with Gasteiger partial charge in [-0.15, -0.1) is 0 Å². The molecule has 0 aromatic heterocycles. The molecule has 2 N–H and O–H groups in total. The molecule has 0 unspecified atom stereocenters. The van der Waals surface area contributed by atoms with Gasteiger partial charge in [-0.1, -0.05) is 30.5 Å². The number of hydrogen-bond donors (Lipinski definition) is 2. The number of carbonyl (C=O) groups is 1. The van der Waals surface area contributed by atoms with E-state index in [1.54, 1.807) is 6.07 Å². The molecule has 0 saturated heterocycles. The molecule has 0 saturated carbocycles. The Morgan fingerprint density at radius 3 is 2.72 bits per heavy atom. The molecule has 1 amide bonds. The molecular formula is C13H17ClFNO2. The lowest BCUT2D eigenvalue weighted by Crippen LogP contribution is -2.25. The molecule has 0 bridgehead atoms. The van der Waals surface area contributed by atoms with Crippen molar-refractivity contribution in [1.82, 2.24) is 5.32 Å². The minimum atomic E-state index is -0.683. The lowest BCUT2D eigenvalue weighted by Gasteiger charge is -2.06. The first-order valence-electron chi connectivity index (χ1n) is 6.00. The van der Waals surface area contributed by atoms with Gasteiger partial charge in [0.05, 0.1) is 10.6 Å². The van der Waals surface area contributed by atoms with Gasteiger partial charge in [0.15, 0.2) is 5.82 Å². The Labute approximate surface area is 111 Å². The third kappa shape index (κ3) is 4.63. The SMILES string of the molecule is O=C(NCCCCCCO)c1cccc(Cl)c1F. The summed E-state index contributed by atoms with van der Waals surface area (Å²) in [5.41, 5.74) is -0.0298. The predicted octanol–water partition coefficient (Wildman–Crippen LogP) is 2.76. The molecule has 0 radical (unpaired) electrons. The van der Waals surface area contributed by atoms with E-state index in [-0.39, 0.29) is 17.2 Å². The van der Waals surface area contributed by atoms with E-state index in [1.165, 1.54) is 12.1 Å². The molecule has 0 atom stereocenters. The Balaban J connectivity index is 2.35. The van der Waals surface area contributed by atoms with Crippen LogP contribution in [0.5, 0.6) is 0 Å². The largest absolute Gasteiger partial charge is 0.396 e. The molecule has 0 aliphatic carbocycles. The fourth-order valence-electron chi connectivity index (χ4n) is 1.57. The van der Waals surface area contributed by atoms with E-state index in [9.17, 15) is 9.18 Å². The average Bonchev–Trinajstić information content (AvgIpc) is 2.36. The fourth-order valence-corrected chi connectivity index (χ4v) is 1.74. The Bertz CT molecular complexity index is 399. The Morgan fingerprint density at radius 2 is 2.00 bits per heavy atom. The van der Waals surface area contributed by atoms with Crippen molar-refractivity contribution in [2.75, 3.05) is 13.2 Å². The summed E-state index contributed by atoms with van der Waals surface area (Å²) in [4.78, 5) is 11.7. The number of aliphatic hydroxyl groups is 1. The number of amides is 1. The van der Waals surface area contributed by atoms with Crippen molar-refractivity contribution in [1.29, 1.82) is 0 Å². The Morgan fingerprint density at radius 1 is 1.28 bits per heavy atom. The molecule has 0 spiro atoms. The van der Waals surface area contributed by atoms with Crippen LogP contribution in [0.1, 0.15) is 36.0 Å². The summed E-state index contributed by atoms with van der Waals surface area (Å²) >= 11 is 5.60. The number of hydrogen-bond acceptors (Lipinski definition) is 2. The van der Waals surface area contributed by atoms with Crippen molar-refractivity contribution in [3.05, 3.63) is 34.6 Å². The maximum Gasteiger partial charge on any atom is 0.254 e. The minimum absolute atomic E-state index is 0.0298. The average molecular weight is 274 g/mol. The van der Waals surface area contributed by atoms with E-state index in [0.717, 1.165) is 25.7 Å². The smallest absolute Gasteiger partial charge is 0.254 e. The maximum absolute atomic E-state index is 13.5. The zero-order valence-corrected chi connectivity index (χ0v) is 10.8. The quantitative estimate of drug-likeness (QED) is 0.751. The van der Waals surface area contributed by atoms with Crippen LogP contribution in [0.15, 0.2) is 18.2 Å². The highest BCUT2D eigenvalue weighted by molar-refractivity contribution is 6.31. The molecule has 0 heterocycles.